The SMILES string of the molecule is CCCCC/C=C\C/C=C\CCCCCCCCCCCC(=O)OC[C@@H]1COP(=O)(O)O[C@H]2[C@H](O)[C@@H](O)[C@H](O)[C@H](C/C=C\CC(=O)O1)[C@@H](O)C[C@@H](O)[C@H](/C=C\[C@H](O)CCCCC)[C@@H](O)[C@H]2OP(=O)(O)O. The van der Waals surface area contributed by atoms with Gasteiger partial charge in [-0.05, 0) is 51.4 Å². The molecule has 2 bridgehead atoms. The lowest BCUT2D eigenvalue weighted by Crippen LogP contribution is -2.56. The molecular weight excluding hydrogens is 954 g/mol. The van der Waals surface area contributed by atoms with Gasteiger partial charge in [-0.15, -0.1) is 0 Å². The molecule has 1 heterocycles. The topological polar surface area (TPSA) is 317 Å². The number of fused-ring (bicyclic) bond motifs is 4. The minimum absolute atomic E-state index is 0.0424. The molecule has 0 radical (unpaired) electrons. The summed E-state index contributed by atoms with van der Waals surface area (Å²) in [6.07, 6.45) is 9.86. The van der Waals surface area contributed by atoms with Crippen LogP contribution in [0.3, 0.4) is 0 Å². The molecular formula is C49H86O19P2. The van der Waals surface area contributed by atoms with Gasteiger partial charge in [0.05, 0.1) is 43.5 Å². The summed E-state index contributed by atoms with van der Waals surface area (Å²) in [4.78, 5) is 56.6. The zero-order valence-corrected chi connectivity index (χ0v) is 43.1. The molecule has 13 atom stereocenters. The van der Waals surface area contributed by atoms with E-state index in [4.69, 9.17) is 23.0 Å². The Morgan fingerprint density at radius 2 is 1.40 bits per heavy atom. The Morgan fingerprint density at radius 1 is 0.800 bits per heavy atom. The third kappa shape index (κ3) is 27.2. The molecule has 21 heteroatoms. The monoisotopic (exact) mass is 1040 g/mol. The van der Waals surface area contributed by atoms with Gasteiger partial charge in [-0.25, -0.2) is 9.13 Å². The highest BCUT2D eigenvalue weighted by molar-refractivity contribution is 7.47. The molecule has 0 aromatic carbocycles. The van der Waals surface area contributed by atoms with E-state index in [1.807, 2.05) is 6.92 Å². The van der Waals surface area contributed by atoms with Crippen LogP contribution in [-0.2, 0) is 41.8 Å². The highest BCUT2D eigenvalue weighted by atomic mass is 31.2. The number of phosphoric ester groups is 2. The number of hydrogen-bond acceptors (Lipinski definition) is 16. The minimum Gasteiger partial charge on any atom is -0.462 e. The van der Waals surface area contributed by atoms with Crippen LogP contribution >= 0.6 is 15.6 Å². The van der Waals surface area contributed by atoms with Gasteiger partial charge in [0.15, 0.2) is 6.10 Å². The van der Waals surface area contributed by atoms with Crippen molar-refractivity contribution in [3.05, 3.63) is 48.6 Å². The zero-order chi connectivity index (χ0) is 52.0. The van der Waals surface area contributed by atoms with E-state index in [1.54, 1.807) is 0 Å². The molecule has 1 aliphatic carbocycles. The minimum atomic E-state index is -5.76. The molecule has 0 aromatic heterocycles. The molecule has 2 rings (SSSR count). The first-order valence-electron chi connectivity index (χ1n) is 25.4. The van der Waals surface area contributed by atoms with Crippen LogP contribution in [-0.4, -0.2) is 137 Å². The smallest absolute Gasteiger partial charge is 0.462 e. The second-order valence-corrected chi connectivity index (χ2v) is 21.1. The summed E-state index contributed by atoms with van der Waals surface area (Å²) in [5.41, 5.74) is 0. The van der Waals surface area contributed by atoms with Gasteiger partial charge in [0.25, 0.3) is 0 Å². The van der Waals surface area contributed by atoms with Crippen LogP contribution in [0.15, 0.2) is 48.6 Å². The fourth-order valence-electron chi connectivity index (χ4n) is 8.38. The molecule has 0 spiro atoms. The second kappa shape index (κ2) is 35.9. The Balaban J connectivity index is 2.14. The van der Waals surface area contributed by atoms with Crippen molar-refractivity contribution in [1.29, 1.82) is 0 Å². The van der Waals surface area contributed by atoms with E-state index in [2.05, 4.69) is 31.2 Å². The van der Waals surface area contributed by atoms with Crippen LogP contribution in [0, 0.1) is 11.8 Å². The highest BCUT2D eigenvalue weighted by Crippen LogP contribution is 2.50. The van der Waals surface area contributed by atoms with Gasteiger partial charge in [-0.3, -0.25) is 23.2 Å². The Morgan fingerprint density at radius 3 is 2.03 bits per heavy atom. The van der Waals surface area contributed by atoms with Crippen LogP contribution in [0.4, 0.5) is 0 Å². The Bertz CT molecular complexity index is 1650. The van der Waals surface area contributed by atoms with Gasteiger partial charge in [0.1, 0.15) is 31.0 Å². The molecule has 19 nitrogen and oxygen atoms in total. The number of ether oxygens (including phenoxy) is 2. The van der Waals surface area contributed by atoms with E-state index < -0.39 is 127 Å². The number of allylic oxidation sites excluding steroid dienone is 5. The maximum absolute atomic E-state index is 13.6. The summed E-state index contributed by atoms with van der Waals surface area (Å²) in [7, 11) is -11.4. The predicted octanol–water partition coefficient (Wildman–Crippen LogP) is 6.44. The largest absolute Gasteiger partial charge is 0.472 e. The predicted molar refractivity (Wildman–Crippen MR) is 262 cm³/mol. The molecule has 1 aliphatic heterocycles. The molecule has 0 saturated heterocycles. The van der Waals surface area contributed by atoms with Crippen molar-refractivity contribution >= 4 is 27.6 Å². The van der Waals surface area contributed by atoms with Gasteiger partial charge in [0.2, 0.25) is 0 Å². The molecule has 1 fully saturated rings. The number of carbonyl (C=O) groups is 2. The molecule has 0 amide bonds. The van der Waals surface area contributed by atoms with Gasteiger partial charge < -0.3 is 59.9 Å². The van der Waals surface area contributed by atoms with E-state index in [9.17, 15) is 69.1 Å². The molecule has 1 unspecified atom stereocenters. The van der Waals surface area contributed by atoms with Crippen molar-refractivity contribution in [2.24, 2.45) is 11.8 Å². The average molecular weight is 1040 g/mol. The van der Waals surface area contributed by atoms with Crippen LogP contribution in [0.2, 0.25) is 0 Å². The Hall–Kier alpha value is -2.16. The van der Waals surface area contributed by atoms with Crippen molar-refractivity contribution in [2.75, 3.05) is 13.2 Å². The van der Waals surface area contributed by atoms with Gasteiger partial charge in [-0.2, -0.15) is 0 Å². The summed E-state index contributed by atoms with van der Waals surface area (Å²) in [6, 6.07) is 0. The lowest BCUT2D eigenvalue weighted by molar-refractivity contribution is -0.165. The summed E-state index contributed by atoms with van der Waals surface area (Å²) in [5, 5.41) is 79.3. The standard InChI is InChI=1S/C49H86O19P2/c1-3-5-7-8-9-10-11-12-13-14-15-16-17-18-19-20-21-22-24-29-42(53)64-34-37-35-65-70(62,63)68-49-47(58)46(57)44(55)38(28-25-26-30-43(54)66-37)40(51)33-41(52)39(32-31-36(50)27-23-6-4-2)45(56)48(49)67-69(59,60)61/h9-10,12-13,25-26,31-32,36-41,44-52,55-58H,3-8,11,14-24,27-30,33-35H2,1-2H3,(H,62,63)(H2,59,60,61)/b10-9-,13-12-,26-25-,32-31-/t36-,37-,38-,39+,40+,41-,44-,45-,46+,47-,48-,49+/m1/s1. The molecule has 0 aromatic rings. The molecule has 2 aliphatic rings. The first kappa shape index (κ1) is 64.0. The number of unbranched alkanes of at least 4 members (excludes halogenated alkanes) is 14. The van der Waals surface area contributed by atoms with Crippen LogP contribution in [0.5, 0.6) is 0 Å². The van der Waals surface area contributed by atoms with Gasteiger partial charge in [-0.1, -0.05) is 140 Å². The van der Waals surface area contributed by atoms with Crippen molar-refractivity contribution in [3.63, 3.8) is 0 Å². The second-order valence-electron chi connectivity index (χ2n) is 18.5. The van der Waals surface area contributed by atoms with Crippen LogP contribution in [0.25, 0.3) is 0 Å². The maximum Gasteiger partial charge on any atom is 0.472 e. The third-order valence-electron chi connectivity index (χ3n) is 12.5. The number of phosphoric acid groups is 2. The zero-order valence-electron chi connectivity index (χ0n) is 41.3. The number of hydrogen-bond donors (Lipinski definition) is 10. The van der Waals surface area contributed by atoms with E-state index >= 15 is 0 Å². The highest BCUT2D eigenvalue weighted by Gasteiger charge is 2.51. The average Bonchev–Trinajstić information content (AvgIpc) is 3.30. The number of aliphatic hydroxyl groups is 7. The Labute approximate surface area is 414 Å². The van der Waals surface area contributed by atoms with Crippen LogP contribution < -0.4 is 0 Å². The molecule has 70 heavy (non-hydrogen) atoms. The quantitative estimate of drug-likeness (QED) is 0.0174. The van der Waals surface area contributed by atoms with Crippen molar-refractivity contribution in [3.8, 4) is 0 Å². The summed E-state index contributed by atoms with van der Waals surface area (Å²) in [5.74, 6) is -4.73. The number of cyclic esters (lactones) is 1. The van der Waals surface area contributed by atoms with Crippen molar-refractivity contribution in [1.82, 2.24) is 0 Å². The first-order valence-corrected chi connectivity index (χ1v) is 28.5. The third-order valence-corrected chi connectivity index (χ3v) is 14.0. The lowest BCUT2D eigenvalue weighted by atomic mass is 9.83. The first-order chi connectivity index (χ1) is 33.3. The normalized spacial score (nSPS) is 31.0. The molecule has 10 N–H and O–H groups in total. The van der Waals surface area contributed by atoms with E-state index in [0.717, 1.165) is 70.3 Å². The van der Waals surface area contributed by atoms with E-state index in [-0.39, 0.29) is 19.3 Å². The fourth-order valence-corrected chi connectivity index (χ4v) is 9.91. The molecule has 1 saturated carbocycles. The number of rotatable bonds is 28. The maximum atomic E-state index is 13.6. The fraction of sp³-hybridized carbons (Fsp3) is 0.796. The number of esters is 2. The summed E-state index contributed by atoms with van der Waals surface area (Å²) < 4.78 is 51.9. The summed E-state index contributed by atoms with van der Waals surface area (Å²) >= 11 is 0. The van der Waals surface area contributed by atoms with Crippen molar-refractivity contribution < 1.29 is 92.2 Å². The number of aliphatic hydroxyl groups excluding tert-OH is 7. The van der Waals surface area contributed by atoms with E-state index in [0.29, 0.717) is 12.8 Å². The van der Waals surface area contributed by atoms with Gasteiger partial charge in [0, 0.05) is 24.7 Å². The summed E-state index contributed by atoms with van der Waals surface area (Å²) in [6.45, 7) is 2.53. The Kier molecular flexibility index (Phi) is 32.8. The van der Waals surface area contributed by atoms with E-state index in [1.165, 1.54) is 56.8 Å². The van der Waals surface area contributed by atoms with Crippen LogP contribution in [0.1, 0.15) is 162 Å². The molecule has 406 valence electrons. The van der Waals surface area contributed by atoms with Crippen molar-refractivity contribution in [2.45, 2.75) is 223 Å². The van der Waals surface area contributed by atoms with Gasteiger partial charge >= 0.3 is 27.6 Å². The lowest BCUT2D eigenvalue weighted by Gasteiger charge is -2.38. The number of carbonyl (C=O) groups excluding carboxylic acids is 2.